The second kappa shape index (κ2) is 8.38. The maximum absolute atomic E-state index is 11.2. The van der Waals surface area contributed by atoms with Gasteiger partial charge in [-0.3, -0.25) is 0 Å². The molecule has 0 unspecified atom stereocenters. The average Bonchev–Trinajstić information content (AvgIpc) is 2.22. The Bertz CT molecular complexity index is 293. The molecule has 0 aliphatic rings. The molecule has 18 heavy (non-hydrogen) atoms. The van der Waals surface area contributed by atoms with Crippen molar-refractivity contribution in [2.75, 3.05) is 19.8 Å². The van der Waals surface area contributed by atoms with Crippen LogP contribution in [0.4, 0.5) is 4.79 Å². The number of rotatable bonds is 6. The lowest BCUT2D eigenvalue weighted by Crippen LogP contribution is -2.34. The highest BCUT2D eigenvalue weighted by molar-refractivity contribution is 5.81. The number of hydrogen-bond donors (Lipinski definition) is 1. The maximum Gasteiger partial charge on any atom is 0.407 e. The first kappa shape index (κ1) is 16.3. The van der Waals surface area contributed by atoms with Gasteiger partial charge in [-0.15, -0.1) is 0 Å². The van der Waals surface area contributed by atoms with Crippen molar-refractivity contribution >= 4 is 12.1 Å². The summed E-state index contributed by atoms with van der Waals surface area (Å²) in [7, 11) is 0. The van der Waals surface area contributed by atoms with E-state index in [1.165, 1.54) is 12.3 Å². The molecular weight excluding hydrogens is 238 g/mol. The Kier molecular flexibility index (Phi) is 7.58. The molecule has 0 radical (unpaired) electrons. The fourth-order valence-corrected chi connectivity index (χ4v) is 0.867. The van der Waals surface area contributed by atoms with Crippen LogP contribution < -0.4 is 5.32 Å². The zero-order chi connectivity index (χ0) is 14.0. The van der Waals surface area contributed by atoms with Crippen molar-refractivity contribution in [1.29, 1.82) is 0 Å². The predicted octanol–water partition coefficient (Wildman–Crippen LogP) is 1.60. The zero-order valence-electron chi connectivity index (χ0n) is 11.3. The molecule has 0 heterocycles. The summed E-state index contributed by atoms with van der Waals surface area (Å²) in [5.74, 6) is -0.519. The number of ether oxygens (including phenoxy) is 3. The summed E-state index contributed by atoms with van der Waals surface area (Å²) in [6.07, 6.45) is 1.91. The van der Waals surface area contributed by atoms with Gasteiger partial charge in [-0.05, 0) is 27.7 Å². The Morgan fingerprint density at radius 2 is 1.94 bits per heavy atom. The van der Waals surface area contributed by atoms with Crippen LogP contribution in [0.1, 0.15) is 27.7 Å². The first-order valence-electron chi connectivity index (χ1n) is 5.77. The molecule has 0 saturated heterocycles. The van der Waals surface area contributed by atoms with E-state index in [1.54, 1.807) is 27.7 Å². The van der Waals surface area contributed by atoms with Gasteiger partial charge in [-0.25, -0.2) is 9.59 Å². The monoisotopic (exact) mass is 259 g/mol. The topological polar surface area (TPSA) is 73.9 Å². The lowest BCUT2D eigenvalue weighted by atomic mass is 10.2. The van der Waals surface area contributed by atoms with E-state index >= 15 is 0 Å². The summed E-state index contributed by atoms with van der Waals surface area (Å²) in [4.78, 5) is 22.3. The number of hydrogen-bond acceptors (Lipinski definition) is 5. The largest absolute Gasteiger partial charge is 0.501 e. The van der Waals surface area contributed by atoms with Crippen LogP contribution in [0.25, 0.3) is 0 Å². The van der Waals surface area contributed by atoms with Gasteiger partial charge >= 0.3 is 12.1 Å². The summed E-state index contributed by atoms with van der Waals surface area (Å²) >= 11 is 0. The van der Waals surface area contributed by atoms with E-state index in [9.17, 15) is 9.59 Å². The Labute approximate surface area is 107 Å². The molecule has 1 N–H and O–H groups in total. The van der Waals surface area contributed by atoms with Crippen LogP contribution in [0, 0.1) is 0 Å². The molecule has 0 aromatic carbocycles. The van der Waals surface area contributed by atoms with Gasteiger partial charge in [0.15, 0.2) is 0 Å². The Balaban J connectivity index is 3.62. The molecule has 0 spiro atoms. The molecule has 0 bridgehead atoms. The normalized spacial score (nSPS) is 11.1. The van der Waals surface area contributed by atoms with E-state index < -0.39 is 17.7 Å². The SMILES string of the molecule is CCOC=CC(=O)OCCNC(=O)OC(C)(C)C. The van der Waals surface area contributed by atoms with Gasteiger partial charge in [-0.1, -0.05) is 0 Å². The third-order valence-electron chi connectivity index (χ3n) is 1.48. The molecule has 0 aromatic rings. The van der Waals surface area contributed by atoms with Gasteiger partial charge in [0.05, 0.1) is 25.5 Å². The van der Waals surface area contributed by atoms with Crippen molar-refractivity contribution in [2.45, 2.75) is 33.3 Å². The molecule has 0 rings (SSSR count). The predicted molar refractivity (Wildman–Crippen MR) is 66.0 cm³/mol. The Morgan fingerprint density at radius 3 is 2.50 bits per heavy atom. The van der Waals surface area contributed by atoms with Crippen molar-refractivity contribution in [2.24, 2.45) is 0 Å². The lowest BCUT2D eigenvalue weighted by molar-refractivity contribution is -0.137. The number of nitrogens with one attached hydrogen (secondary N) is 1. The van der Waals surface area contributed by atoms with Crippen molar-refractivity contribution in [3.8, 4) is 0 Å². The van der Waals surface area contributed by atoms with Gasteiger partial charge in [0.1, 0.15) is 12.2 Å². The van der Waals surface area contributed by atoms with Gasteiger partial charge in [0.2, 0.25) is 0 Å². The molecule has 1 amide bonds. The fourth-order valence-electron chi connectivity index (χ4n) is 0.867. The average molecular weight is 259 g/mol. The number of carbonyl (C=O) groups excluding carboxylic acids is 2. The van der Waals surface area contributed by atoms with Crippen molar-refractivity contribution < 1.29 is 23.8 Å². The number of esters is 1. The van der Waals surface area contributed by atoms with E-state index in [0.717, 1.165) is 0 Å². The molecule has 104 valence electrons. The molecule has 0 saturated carbocycles. The van der Waals surface area contributed by atoms with Crippen molar-refractivity contribution in [3.63, 3.8) is 0 Å². The summed E-state index contributed by atoms with van der Waals surface area (Å²) in [6, 6.07) is 0. The minimum atomic E-state index is -0.541. The van der Waals surface area contributed by atoms with E-state index in [-0.39, 0.29) is 13.2 Å². The number of carbonyl (C=O) groups is 2. The summed E-state index contributed by atoms with van der Waals surface area (Å²) in [5.41, 5.74) is -0.541. The van der Waals surface area contributed by atoms with Crippen LogP contribution in [-0.4, -0.2) is 37.4 Å². The molecule has 0 aliphatic carbocycles. The molecular formula is C12H21NO5. The van der Waals surface area contributed by atoms with Crippen LogP contribution in [0.3, 0.4) is 0 Å². The molecule has 0 aliphatic heterocycles. The van der Waals surface area contributed by atoms with Crippen LogP contribution >= 0.6 is 0 Å². The van der Waals surface area contributed by atoms with Gasteiger partial charge in [0, 0.05) is 0 Å². The maximum atomic E-state index is 11.2. The molecule has 6 heteroatoms. The fraction of sp³-hybridized carbons (Fsp3) is 0.667. The van der Waals surface area contributed by atoms with Crippen LogP contribution in [0.15, 0.2) is 12.3 Å². The first-order chi connectivity index (χ1) is 8.35. The summed E-state index contributed by atoms with van der Waals surface area (Å²) < 4.78 is 14.6. The molecule has 0 atom stereocenters. The van der Waals surface area contributed by atoms with Crippen molar-refractivity contribution in [3.05, 3.63) is 12.3 Å². The highest BCUT2D eigenvalue weighted by Crippen LogP contribution is 2.05. The Hall–Kier alpha value is -1.72. The van der Waals surface area contributed by atoms with E-state index in [4.69, 9.17) is 14.2 Å². The first-order valence-corrected chi connectivity index (χ1v) is 5.77. The highest BCUT2D eigenvalue weighted by Gasteiger charge is 2.15. The second-order valence-electron chi connectivity index (χ2n) is 4.35. The van der Waals surface area contributed by atoms with Gasteiger partial charge in [0.25, 0.3) is 0 Å². The van der Waals surface area contributed by atoms with Gasteiger partial charge in [-0.2, -0.15) is 0 Å². The number of alkyl carbamates (subject to hydrolysis) is 1. The standard InChI is InChI=1S/C12H21NO5/c1-5-16-8-6-10(14)17-9-7-13-11(15)18-12(2,3)4/h6,8H,5,7,9H2,1-4H3,(H,13,15). The lowest BCUT2D eigenvalue weighted by Gasteiger charge is -2.19. The number of amides is 1. The van der Waals surface area contributed by atoms with E-state index in [0.29, 0.717) is 6.61 Å². The van der Waals surface area contributed by atoms with Gasteiger partial charge < -0.3 is 19.5 Å². The van der Waals surface area contributed by atoms with E-state index in [2.05, 4.69) is 5.32 Å². The second-order valence-corrected chi connectivity index (χ2v) is 4.35. The van der Waals surface area contributed by atoms with E-state index in [1.807, 2.05) is 0 Å². The van der Waals surface area contributed by atoms with Crippen molar-refractivity contribution in [1.82, 2.24) is 5.32 Å². The third-order valence-corrected chi connectivity index (χ3v) is 1.48. The Morgan fingerprint density at radius 1 is 1.28 bits per heavy atom. The van der Waals surface area contributed by atoms with Crippen LogP contribution in [0.5, 0.6) is 0 Å². The minimum Gasteiger partial charge on any atom is -0.501 e. The van der Waals surface area contributed by atoms with Crippen LogP contribution in [0.2, 0.25) is 0 Å². The molecule has 6 nitrogen and oxygen atoms in total. The molecule has 0 aromatic heterocycles. The highest BCUT2D eigenvalue weighted by atomic mass is 16.6. The molecule has 0 fully saturated rings. The summed E-state index contributed by atoms with van der Waals surface area (Å²) in [5, 5.41) is 2.47. The zero-order valence-corrected chi connectivity index (χ0v) is 11.3. The smallest absolute Gasteiger partial charge is 0.407 e. The quantitative estimate of drug-likeness (QED) is 0.339. The third kappa shape index (κ3) is 10.8. The summed E-state index contributed by atoms with van der Waals surface area (Å²) in [6.45, 7) is 7.88. The van der Waals surface area contributed by atoms with Crippen LogP contribution in [-0.2, 0) is 19.0 Å². The minimum absolute atomic E-state index is 0.0779.